The maximum Gasteiger partial charge on any atom is 0.341 e. The van der Waals surface area contributed by atoms with E-state index in [1.54, 1.807) is 36.4 Å². The molecule has 0 aromatic heterocycles. The number of carbonyl (C=O) groups excluding carboxylic acids is 1. The number of carbonyl (C=O) groups is 1. The van der Waals surface area contributed by atoms with Crippen LogP contribution in [0.2, 0.25) is 0 Å². The Morgan fingerprint density at radius 3 is 2.42 bits per heavy atom. The van der Waals surface area contributed by atoms with Gasteiger partial charge in [0.2, 0.25) is 10.0 Å². The Labute approximate surface area is 191 Å². The Morgan fingerprint density at radius 2 is 1.67 bits per heavy atom. The van der Waals surface area contributed by atoms with Gasteiger partial charge in [-0.05, 0) is 36.4 Å². The Balaban J connectivity index is 1.50. The van der Waals surface area contributed by atoms with Crippen molar-refractivity contribution in [1.29, 1.82) is 0 Å². The summed E-state index contributed by atoms with van der Waals surface area (Å²) >= 11 is 0. The van der Waals surface area contributed by atoms with Gasteiger partial charge in [-0.15, -0.1) is 0 Å². The van der Waals surface area contributed by atoms with Crippen molar-refractivity contribution in [1.82, 2.24) is 4.31 Å². The molecule has 0 aliphatic carbocycles. The molecule has 0 spiro atoms. The molecule has 1 aliphatic rings. The monoisotopic (exact) mass is 471 g/mol. The van der Waals surface area contributed by atoms with E-state index in [9.17, 15) is 17.6 Å². The molecule has 7 nitrogen and oxygen atoms in total. The van der Waals surface area contributed by atoms with Gasteiger partial charge in [-0.1, -0.05) is 36.4 Å². The van der Waals surface area contributed by atoms with Crippen LogP contribution in [-0.4, -0.2) is 45.0 Å². The molecule has 0 bridgehead atoms. The fraction of sp³-hybridized carbons (Fsp3) is 0.208. The Morgan fingerprint density at radius 1 is 0.970 bits per heavy atom. The average Bonchev–Trinajstić information content (AvgIpc) is 2.84. The highest BCUT2D eigenvalue weighted by atomic mass is 32.2. The van der Waals surface area contributed by atoms with Crippen LogP contribution in [0, 0.1) is 5.82 Å². The summed E-state index contributed by atoms with van der Waals surface area (Å²) in [5.74, 6) is -0.736. The van der Waals surface area contributed by atoms with Crippen molar-refractivity contribution in [2.75, 3.05) is 26.3 Å². The van der Waals surface area contributed by atoms with E-state index in [1.807, 2.05) is 18.2 Å². The summed E-state index contributed by atoms with van der Waals surface area (Å²) in [6.45, 7) is 0.761. The average molecular weight is 472 g/mol. The van der Waals surface area contributed by atoms with Gasteiger partial charge in [-0.2, -0.15) is 4.31 Å². The molecule has 1 saturated heterocycles. The maximum atomic E-state index is 14.4. The third kappa shape index (κ3) is 5.39. The highest BCUT2D eigenvalue weighted by Gasteiger charge is 2.28. The summed E-state index contributed by atoms with van der Waals surface area (Å²) in [4.78, 5) is 12.5. The Hall–Kier alpha value is -3.27. The van der Waals surface area contributed by atoms with Gasteiger partial charge in [0, 0.05) is 18.7 Å². The molecule has 33 heavy (non-hydrogen) atoms. The van der Waals surface area contributed by atoms with E-state index in [0.717, 1.165) is 18.2 Å². The second-order valence-electron chi connectivity index (χ2n) is 7.26. The van der Waals surface area contributed by atoms with Gasteiger partial charge in [-0.25, -0.2) is 17.6 Å². The number of nitrogens with zero attached hydrogens (tertiary/aromatic N) is 1. The summed E-state index contributed by atoms with van der Waals surface area (Å²) in [6, 6.07) is 19.2. The van der Waals surface area contributed by atoms with Gasteiger partial charge >= 0.3 is 5.97 Å². The fourth-order valence-corrected chi connectivity index (χ4v) is 4.75. The van der Waals surface area contributed by atoms with Gasteiger partial charge < -0.3 is 14.2 Å². The fourth-order valence-electron chi connectivity index (χ4n) is 3.32. The zero-order valence-corrected chi connectivity index (χ0v) is 18.5. The first-order valence-electron chi connectivity index (χ1n) is 10.3. The molecule has 0 radical (unpaired) electrons. The number of para-hydroxylation sites is 2. The van der Waals surface area contributed by atoms with Crippen LogP contribution >= 0.6 is 0 Å². The molecule has 0 N–H and O–H groups in total. The van der Waals surface area contributed by atoms with Gasteiger partial charge in [0.1, 0.15) is 23.9 Å². The number of benzene rings is 3. The second-order valence-corrected chi connectivity index (χ2v) is 9.20. The van der Waals surface area contributed by atoms with E-state index in [1.165, 1.54) is 4.31 Å². The number of rotatable bonds is 7. The van der Waals surface area contributed by atoms with E-state index >= 15 is 0 Å². The molecule has 172 valence electrons. The highest BCUT2D eigenvalue weighted by Crippen LogP contribution is 2.26. The van der Waals surface area contributed by atoms with Crippen LogP contribution in [0.4, 0.5) is 4.39 Å². The van der Waals surface area contributed by atoms with Crippen molar-refractivity contribution in [2.45, 2.75) is 11.5 Å². The number of morpholine rings is 1. The lowest BCUT2D eigenvalue weighted by Gasteiger charge is -2.26. The van der Waals surface area contributed by atoms with Gasteiger partial charge in [0.25, 0.3) is 0 Å². The van der Waals surface area contributed by atoms with Crippen LogP contribution in [0.25, 0.3) is 0 Å². The van der Waals surface area contributed by atoms with Gasteiger partial charge in [0.15, 0.2) is 0 Å². The zero-order chi connectivity index (χ0) is 23.3. The molecule has 0 unspecified atom stereocenters. The summed E-state index contributed by atoms with van der Waals surface area (Å²) < 4.78 is 57.7. The number of ether oxygens (including phenoxy) is 3. The topological polar surface area (TPSA) is 82.1 Å². The van der Waals surface area contributed by atoms with Crippen molar-refractivity contribution in [2.24, 2.45) is 0 Å². The minimum atomic E-state index is -3.88. The molecule has 1 fully saturated rings. The lowest BCUT2D eigenvalue weighted by Crippen LogP contribution is -2.40. The first-order valence-corrected chi connectivity index (χ1v) is 11.7. The van der Waals surface area contributed by atoms with E-state index < -0.39 is 27.4 Å². The Bertz CT molecular complexity index is 1230. The van der Waals surface area contributed by atoms with E-state index in [2.05, 4.69) is 0 Å². The van der Waals surface area contributed by atoms with Crippen LogP contribution in [0.1, 0.15) is 15.9 Å². The summed E-state index contributed by atoms with van der Waals surface area (Å²) in [5.41, 5.74) is 0.123. The molecule has 3 aromatic carbocycles. The summed E-state index contributed by atoms with van der Waals surface area (Å²) in [6.07, 6.45) is 0. The number of sulfonamides is 1. The molecule has 0 saturated carbocycles. The quantitative estimate of drug-likeness (QED) is 0.485. The lowest BCUT2D eigenvalue weighted by molar-refractivity contribution is 0.0465. The standard InChI is InChI=1S/C24H22FNO6S/c25-22-11-10-20(33(28,29)26-12-14-30-15-13-26)16-21(22)24(27)31-17-18-6-4-5-9-23(18)32-19-7-2-1-3-8-19/h1-11,16H,12-15,17H2. The van der Waals surface area contributed by atoms with Crippen molar-refractivity contribution < 1.29 is 31.8 Å². The van der Waals surface area contributed by atoms with Crippen LogP contribution in [-0.2, 0) is 26.1 Å². The molecule has 0 atom stereocenters. The van der Waals surface area contributed by atoms with Crippen molar-refractivity contribution in [3.05, 3.63) is 89.7 Å². The van der Waals surface area contributed by atoms with Crippen molar-refractivity contribution in [3.63, 3.8) is 0 Å². The van der Waals surface area contributed by atoms with E-state index in [4.69, 9.17) is 14.2 Å². The van der Waals surface area contributed by atoms with Gasteiger partial charge in [-0.3, -0.25) is 0 Å². The van der Waals surface area contributed by atoms with E-state index in [0.29, 0.717) is 17.1 Å². The number of esters is 1. The van der Waals surface area contributed by atoms with Crippen LogP contribution in [0.3, 0.4) is 0 Å². The zero-order valence-electron chi connectivity index (χ0n) is 17.6. The predicted octanol–water partition coefficient (Wildman–Crippen LogP) is 4.00. The molecule has 1 heterocycles. The first-order chi connectivity index (χ1) is 15.9. The molecular weight excluding hydrogens is 449 g/mol. The molecule has 4 rings (SSSR count). The third-order valence-corrected chi connectivity index (χ3v) is 6.96. The van der Waals surface area contributed by atoms with Crippen LogP contribution in [0.15, 0.2) is 77.7 Å². The van der Waals surface area contributed by atoms with Crippen molar-refractivity contribution in [3.8, 4) is 11.5 Å². The predicted molar refractivity (Wildman–Crippen MR) is 118 cm³/mol. The molecule has 9 heteroatoms. The second kappa shape index (κ2) is 10.1. The van der Waals surface area contributed by atoms with E-state index in [-0.39, 0.29) is 37.8 Å². The van der Waals surface area contributed by atoms with Crippen LogP contribution < -0.4 is 4.74 Å². The molecule has 0 amide bonds. The minimum Gasteiger partial charge on any atom is -0.457 e. The number of hydrogen-bond donors (Lipinski definition) is 0. The van der Waals surface area contributed by atoms with Crippen molar-refractivity contribution >= 4 is 16.0 Å². The number of hydrogen-bond acceptors (Lipinski definition) is 6. The Kier molecular flexibility index (Phi) is 7.02. The maximum absolute atomic E-state index is 14.4. The summed E-state index contributed by atoms with van der Waals surface area (Å²) in [5, 5.41) is 0. The normalized spacial score (nSPS) is 14.6. The first kappa shape index (κ1) is 22.9. The molecule has 3 aromatic rings. The summed E-state index contributed by atoms with van der Waals surface area (Å²) in [7, 11) is -3.88. The molecule has 1 aliphatic heterocycles. The van der Waals surface area contributed by atoms with Crippen LogP contribution in [0.5, 0.6) is 11.5 Å². The number of halogens is 1. The SMILES string of the molecule is O=C(OCc1ccccc1Oc1ccccc1)c1cc(S(=O)(=O)N2CCOCC2)ccc1F. The smallest absolute Gasteiger partial charge is 0.341 e. The highest BCUT2D eigenvalue weighted by molar-refractivity contribution is 7.89. The largest absolute Gasteiger partial charge is 0.457 e. The third-order valence-electron chi connectivity index (χ3n) is 5.07. The van der Waals surface area contributed by atoms with Gasteiger partial charge in [0.05, 0.1) is 23.7 Å². The minimum absolute atomic E-state index is 0.175. The lowest BCUT2D eigenvalue weighted by atomic mass is 10.2. The molecular formula is C24H22FNO6S.